The maximum atomic E-state index is 12.7. The summed E-state index contributed by atoms with van der Waals surface area (Å²) in [6.07, 6.45) is -3.60. The van der Waals surface area contributed by atoms with Crippen molar-refractivity contribution in [3.63, 3.8) is 0 Å². The Balaban J connectivity index is 2.04. The topological polar surface area (TPSA) is 62.2 Å². The standard InChI is InChI=1S/C14H17F3N2O2/c1-8-5-6-11(20)12(18-8)19-13(21)9-3-2-4-10(7-9)14(15,16)17/h5-6,9-10,20H,2-4,7H2,1H3,(H,18,19,21). The first kappa shape index (κ1) is 15.6. The van der Waals surface area contributed by atoms with Crippen LogP contribution in [0.4, 0.5) is 19.0 Å². The molecule has 2 unspecified atom stereocenters. The van der Waals surface area contributed by atoms with Gasteiger partial charge in [-0.25, -0.2) is 4.98 Å². The van der Waals surface area contributed by atoms with E-state index >= 15 is 0 Å². The monoisotopic (exact) mass is 302 g/mol. The van der Waals surface area contributed by atoms with Crippen LogP contribution < -0.4 is 5.32 Å². The van der Waals surface area contributed by atoms with Crippen molar-refractivity contribution >= 4 is 11.7 Å². The molecule has 0 bridgehead atoms. The van der Waals surface area contributed by atoms with Crippen LogP contribution in [0, 0.1) is 18.8 Å². The zero-order valence-corrected chi connectivity index (χ0v) is 11.6. The van der Waals surface area contributed by atoms with Gasteiger partial charge in [-0.1, -0.05) is 6.42 Å². The van der Waals surface area contributed by atoms with Crippen LogP contribution in [0.15, 0.2) is 12.1 Å². The maximum absolute atomic E-state index is 12.7. The third kappa shape index (κ3) is 3.86. The molecule has 116 valence electrons. The maximum Gasteiger partial charge on any atom is 0.391 e. The Labute approximate surface area is 120 Å². The molecule has 1 aromatic rings. The lowest BCUT2D eigenvalue weighted by Crippen LogP contribution is -2.34. The molecule has 21 heavy (non-hydrogen) atoms. The first-order chi connectivity index (χ1) is 9.77. The number of amides is 1. The third-order valence-corrected chi connectivity index (χ3v) is 3.76. The number of aryl methyl sites for hydroxylation is 1. The molecule has 0 aromatic carbocycles. The summed E-state index contributed by atoms with van der Waals surface area (Å²) in [4.78, 5) is 16.0. The second-order valence-electron chi connectivity index (χ2n) is 5.41. The molecule has 2 atom stereocenters. The van der Waals surface area contributed by atoms with Crippen LogP contribution in [0.3, 0.4) is 0 Å². The van der Waals surface area contributed by atoms with Crippen LogP contribution in [0.2, 0.25) is 0 Å². The van der Waals surface area contributed by atoms with E-state index in [0.717, 1.165) is 0 Å². The molecule has 1 fully saturated rings. The van der Waals surface area contributed by atoms with Gasteiger partial charge in [0.2, 0.25) is 5.91 Å². The Hall–Kier alpha value is -1.79. The highest BCUT2D eigenvalue weighted by atomic mass is 19.4. The average Bonchev–Trinajstić information content (AvgIpc) is 2.42. The van der Waals surface area contributed by atoms with Gasteiger partial charge in [-0.05, 0) is 38.3 Å². The van der Waals surface area contributed by atoms with Gasteiger partial charge in [-0.15, -0.1) is 0 Å². The molecule has 1 heterocycles. The smallest absolute Gasteiger partial charge is 0.391 e. The van der Waals surface area contributed by atoms with E-state index in [1.807, 2.05) is 0 Å². The van der Waals surface area contributed by atoms with E-state index in [0.29, 0.717) is 18.5 Å². The van der Waals surface area contributed by atoms with Crippen LogP contribution in [-0.2, 0) is 4.79 Å². The normalized spacial score (nSPS) is 22.9. The molecule has 4 nitrogen and oxygen atoms in total. The summed E-state index contributed by atoms with van der Waals surface area (Å²) < 4.78 is 38.2. The summed E-state index contributed by atoms with van der Waals surface area (Å²) in [6.45, 7) is 1.69. The van der Waals surface area contributed by atoms with Crippen molar-refractivity contribution in [2.45, 2.75) is 38.8 Å². The van der Waals surface area contributed by atoms with Crippen molar-refractivity contribution in [1.29, 1.82) is 0 Å². The van der Waals surface area contributed by atoms with Crippen molar-refractivity contribution in [2.75, 3.05) is 5.32 Å². The van der Waals surface area contributed by atoms with E-state index in [9.17, 15) is 23.1 Å². The van der Waals surface area contributed by atoms with Gasteiger partial charge in [0.05, 0.1) is 5.92 Å². The quantitative estimate of drug-likeness (QED) is 0.880. The minimum atomic E-state index is -4.26. The molecule has 1 saturated carbocycles. The molecule has 1 aromatic heterocycles. The highest BCUT2D eigenvalue weighted by molar-refractivity contribution is 5.92. The van der Waals surface area contributed by atoms with Gasteiger partial charge in [0.25, 0.3) is 0 Å². The molecule has 0 radical (unpaired) electrons. The highest BCUT2D eigenvalue weighted by Gasteiger charge is 2.43. The lowest BCUT2D eigenvalue weighted by Gasteiger charge is -2.29. The summed E-state index contributed by atoms with van der Waals surface area (Å²) in [5, 5.41) is 12.0. The van der Waals surface area contributed by atoms with Gasteiger partial charge in [-0.3, -0.25) is 4.79 Å². The first-order valence-corrected chi connectivity index (χ1v) is 6.81. The van der Waals surface area contributed by atoms with Crippen molar-refractivity contribution < 1.29 is 23.1 Å². The number of hydrogen-bond donors (Lipinski definition) is 2. The number of carbonyl (C=O) groups is 1. The summed E-state index contributed by atoms with van der Waals surface area (Å²) in [5.41, 5.74) is 0.597. The first-order valence-electron chi connectivity index (χ1n) is 6.81. The number of nitrogens with one attached hydrogen (secondary N) is 1. The van der Waals surface area contributed by atoms with E-state index in [-0.39, 0.29) is 24.4 Å². The molecule has 2 rings (SSSR count). The molecule has 1 amide bonds. The molecule has 0 saturated heterocycles. The molecule has 1 aliphatic carbocycles. The van der Waals surface area contributed by atoms with Crippen molar-refractivity contribution in [3.8, 4) is 5.75 Å². The Morgan fingerprint density at radius 3 is 2.76 bits per heavy atom. The number of hydrogen-bond acceptors (Lipinski definition) is 3. The zero-order chi connectivity index (χ0) is 15.6. The Morgan fingerprint density at radius 1 is 1.38 bits per heavy atom. The number of aromatic hydroxyl groups is 1. The van der Waals surface area contributed by atoms with Crippen LogP contribution in [0.25, 0.3) is 0 Å². The van der Waals surface area contributed by atoms with Crippen LogP contribution in [0.1, 0.15) is 31.4 Å². The summed E-state index contributed by atoms with van der Waals surface area (Å²) in [6, 6.07) is 2.96. The number of rotatable bonds is 2. The Bertz CT molecular complexity index is 531. The van der Waals surface area contributed by atoms with E-state index in [2.05, 4.69) is 10.3 Å². The molecule has 0 aliphatic heterocycles. The van der Waals surface area contributed by atoms with E-state index in [1.165, 1.54) is 6.07 Å². The zero-order valence-electron chi connectivity index (χ0n) is 11.6. The molecule has 7 heteroatoms. The molecule has 0 spiro atoms. The number of pyridine rings is 1. The van der Waals surface area contributed by atoms with Crippen LogP contribution in [0.5, 0.6) is 5.75 Å². The fraction of sp³-hybridized carbons (Fsp3) is 0.571. The summed E-state index contributed by atoms with van der Waals surface area (Å²) in [7, 11) is 0. The largest absolute Gasteiger partial charge is 0.504 e. The van der Waals surface area contributed by atoms with Gasteiger partial charge < -0.3 is 10.4 Å². The van der Waals surface area contributed by atoms with Crippen molar-refractivity contribution in [2.24, 2.45) is 11.8 Å². The predicted molar refractivity (Wildman–Crippen MR) is 70.8 cm³/mol. The Morgan fingerprint density at radius 2 is 2.10 bits per heavy atom. The second-order valence-corrected chi connectivity index (χ2v) is 5.41. The number of anilines is 1. The molecule has 1 aliphatic rings. The number of nitrogens with zero attached hydrogens (tertiary/aromatic N) is 1. The lowest BCUT2D eigenvalue weighted by atomic mass is 9.80. The SMILES string of the molecule is Cc1ccc(O)c(NC(=O)C2CCCC(C(F)(F)F)C2)n1. The highest BCUT2D eigenvalue weighted by Crippen LogP contribution is 2.40. The number of alkyl halides is 3. The fourth-order valence-electron chi connectivity index (χ4n) is 2.59. The number of halogens is 3. The van der Waals surface area contributed by atoms with E-state index in [4.69, 9.17) is 0 Å². The molecular formula is C14H17F3N2O2. The van der Waals surface area contributed by atoms with E-state index < -0.39 is 23.9 Å². The minimum absolute atomic E-state index is 0.00543. The fourth-order valence-corrected chi connectivity index (χ4v) is 2.59. The second kappa shape index (κ2) is 5.91. The van der Waals surface area contributed by atoms with Gasteiger partial charge >= 0.3 is 6.18 Å². The lowest BCUT2D eigenvalue weighted by molar-refractivity contribution is -0.185. The predicted octanol–water partition coefficient (Wildman–Crippen LogP) is 3.40. The van der Waals surface area contributed by atoms with Crippen LogP contribution >= 0.6 is 0 Å². The summed E-state index contributed by atoms with van der Waals surface area (Å²) in [5.74, 6) is -2.85. The molecular weight excluding hydrogens is 285 g/mol. The van der Waals surface area contributed by atoms with Gasteiger partial charge in [0.15, 0.2) is 11.6 Å². The number of aromatic nitrogens is 1. The summed E-state index contributed by atoms with van der Waals surface area (Å²) >= 11 is 0. The number of carbonyl (C=O) groups excluding carboxylic acids is 1. The minimum Gasteiger partial charge on any atom is -0.504 e. The van der Waals surface area contributed by atoms with Gasteiger partial charge in [-0.2, -0.15) is 13.2 Å². The molecule has 2 N–H and O–H groups in total. The third-order valence-electron chi connectivity index (χ3n) is 3.76. The average molecular weight is 302 g/mol. The van der Waals surface area contributed by atoms with Gasteiger partial charge in [0.1, 0.15) is 0 Å². The Kier molecular flexibility index (Phi) is 4.39. The van der Waals surface area contributed by atoms with E-state index in [1.54, 1.807) is 13.0 Å². The van der Waals surface area contributed by atoms with Crippen molar-refractivity contribution in [1.82, 2.24) is 4.98 Å². The van der Waals surface area contributed by atoms with Crippen LogP contribution in [-0.4, -0.2) is 22.2 Å². The van der Waals surface area contributed by atoms with Gasteiger partial charge in [0, 0.05) is 11.6 Å². The van der Waals surface area contributed by atoms with Crippen molar-refractivity contribution in [3.05, 3.63) is 17.8 Å².